The summed E-state index contributed by atoms with van der Waals surface area (Å²) in [5, 5.41) is 11.8. The van der Waals surface area contributed by atoms with Crippen molar-refractivity contribution in [3.8, 4) is 0 Å². The minimum absolute atomic E-state index is 0.531. The van der Waals surface area contributed by atoms with Gasteiger partial charge in [-0.15, -0.1) is 0 Å². The second kappa shape index (κ2) is 5.19. The Balaban J connectivity index is 2.13. The van der Waals surface area contributed by atoms with Gasteiger partial charge in [0.25, 0.3) is 0 Å². The highest BCUT2D eigenvalue weighted by Crippen LogP contribution is 2.12. The second-order valence-electron chi connectivity index (χ2n) is 3.51. The van der Waals surface area contributed by atoms with Crippen LogP contribution in [0.4, 0.5) is 0 Å². The smallest absolute Gasteiger partial charge is 0.332 e. The van der Waals surface area contributed by atoms with Gasteiger partial charge in [0.1, 0.15) is 0 Å². The first-order valence-corrected chi connectivity index (χ1v) is 4.75. The van der Waals surface area contributed by atoms with Gasteiger partial charge in [0.05, 0.1) is 6.61 Å². The van der Waals surface area contributed by atoms with Gasteiger partial charge < -0.3 is 15.2 Å². The zero-order chi connectivity index (χ0) is 9.68. The van der Waals surface area contributed by atoms with E-state index in [-0.39, 0.29) is 0 Å². The van der Waals surface area contributed by atoms with Crippen molar-refractivity contribution in [2.45, 2.75) is 25.9 Å². The molecule has 1 rings (SSSR count). The van der Waals surface area contributed by atoms with Gasteiger partial charge in [0.2, 0.25) is 0 Å². The molecule has 1 aliphatic rings. The Kier molecular flexibility index (Phi) is 4.18. The molecular formula is C9H17NO3. The highest BCUT2D eigenvalue weighted by atomic mass is 16.5. The van der Waals surface area contributed by atoms with Gasteiger partial charge in [-0.2, -0.15) is 0 Å². The maximum atomic E-state index is 10.4. The van der Waals surface area contributed by atoms with Crippen molar-refractivity contribution < 1.29 is 14.6 Å². The Hall–Kier alpha value is -0.610. The first-order chi connectivity index (χ1) is 6.20. The largest absolute Gasteiger partial charge is 0.479 e. The number of carboxylic acids is 1. The van der Waals surface area contributed by atoms with Gasteiger partial charge in [-0.3, -0.25) is 0 Å². The van der Waals surface area contributed by atoms with Crippen molar-refractivity contribution in [3.63, 3.8) is 0 Å². The van der Waals surface area contributed by atoms with E-state index in [1.54, 1.807) is 6.92 Å². The summed E-state index contributed by atoms with van der Waals surface area (Å²) in [5.74, 6) is -0.350. The molecule has 0 aromatic carbocycles. The van der Waals surface area contributed by atoms with Crippen molar-refractivity contribution in [1.82, 2.24) is 5.32 Å². The Morgan fingerprint density at radius 1 is 1.62 bits per heavy atom. The standard InChI is InChI=1S/C9H17NO3/c1-7(9(11)12)13-6-8-2-4-10-5-3-8/h7-8,10H,2-6H2,1H3,(H,11,12). The number of carboxylic acid groups (broad SMARTS) is 1. The molecule has 0 aromatic heterocycles. The van der Waals surface area contributed by atoms with Gasteiger partial charge in [0.15, 0.2) is 6.10 Å². The molecule has 0 saturated carbocycles. The molecule has 0 radical (unpaired) electrons. The lowest BCUT2D eigenvalue weighted by Crippen LogP contribution is -2.32. The van der Waals surface area contributed by atoms with Crippen LogP contribution >= 0.6 is 0 Å². The van der Waals surface area contributed by atoms with E-state index in [9.17, 15) is 4.79 Å². The zero-order valence-corrected chi connectivity index (χ0v) is 7.95. The van der Waals surface area contributed by atoms with Crippen LogP contribution in [0, 0.1) is 5.92 Å². The predicted molar refractivity (Wildman–Crippen MR) is 48.6 cm³/mol. The van der Waals surface area contributed by atoms with Crippen molar-refractivity contribution in [1.29, 1.82) is 0 Å². The number of nitrogens with one attached hydrogen (secondary N) is 1. The Morgan fingerprint density at radius 2 is 2.23 bits per heavy atom. The van der Waals surface area contributed by atoms with Crippen LogP contribution in [0.15, 0.2) is 0 Å². The highest BCUT2D eigenvalue weighted by Gasteiger charge is 2.17. The first-order valence-electron chi connectivity index (χ1n) is 4.75. The lowest BCUT2D eigenvalue weighted by molar-refractivity contribution is -0.150. The normalized spacial score (nSPS) is 21.3. The summed E-state index contributed by atoms with van der Waals surface area (Å²) >= 11 is 0. The molecule has 1 fully saturated rings. The Bertz CT molecular complexity index is 166. The average molecular weight is 187 g/mol. The fourth-order valence-electron chi connectivity index (χ4n) is 1.40. The number of rotatable bonds is 4. The van der Waals surface area contributed by atoms with Crippen molar-refractivity contribution >= 4 is 5.97 Å². The van der Waals surface area contributed by atoms with Crippen molar-refractivity contribution in [2.75, 3.05) is 19.7 Å². The van der Waals surface area contributed by atoms with E-state index in [1.807, 2.05) is 0 Å². The summed E-state index contributed by atoms with van der Waals surface area (Å²) in [5.41, 5.74) is 0. The molecule has 13 heavy (non-hydrogen) atoms. The Morgan fingerprint density at radius 3 is 2.77 bits per heavy atom. The number of carbonyl (C=O) groups is 1. The number of piperidine rings is 1. The number of hydrogen-bond acceptors (Lipinski definition) is 3. The van der Waals surface area contributed by atoms with Crippen molar-refractivity contribution in [2.24, 2.45) is 5.92 Å². The molecule has 1 unspecified atom stereocenters. The molecule has 0 aromatic rings. The van der Waals surface area contributed by atoms with Gasteiger partial charge in [-0.05, 0) is 38.8 Å². The molecule has 4 nitrogen and oxygen atoms in total. The summed E-state index contributed by atoms with van der Waals surface area (Å²) in [6.07, 6.45) is 1.51. The van der Waals surface area contributed by atoms with Gasteiger partial charge in [0, 0.05) is 0 Å². The minimum atomic E-state index is -0.881. The molecule has 0 amide bonds. The van der Waals surface area contributed by atoms with Gasteiger partial charge >= 0.3 is 5.97 Å². The third kappa shape index (κ3) is 3.74. The maximum Gasteiger partial charge on any atom is 0.332 e. The van der Waals surface area contributed by atoms with Crippen LogP contribution in [-0.4, -0.2) is 36.9 Å². The number of aliphatic carboxylic acids is 1. The molecule has 0 bridgehead atoms. The molecule has 1 heterocycles. The lowest BCUT2D eigenvalue weighted by atomic mass is 9.99. The quantitative estimate of drug-likeness (QED) is 0.672. The molecule has 2 N–H and O–H groups in total. The highest BCUT2D eigenvalue weighted by molar-refractivity contribution is 5.71. The van der Waals surface area contributed by atoms with E-state index >= 15 is 0 Å². The van der Waals surface area contributed by atoms with Gasteiger partial charge in [-0.25, -0.2) is 4.79 Å². The van der Waals surface area contributed by atoms with Crippen LogP contribution in [0.1, 0.15) is 19.8 Å². The van der Waals surface area contributed by atoms with Gasteiger partial charge in [-0.1, -0.05) is 0 Å². The fraction of sp³-hybridized carbons (Fsp3) is 0.889. The van der Waals surface area contributed by atoms with E-state index in [1.165, 1.54) is 0 Å². The summed E-state index contributed by atoms with van der Waals surface area (Å²) < 4.78 is 5.22. The summed E-state index contributed by atoms with van der Waals surface area (Å²) in [7, 11) is 0. The molecule has 1 atom stereocenters. The molecule has 1 aliphatic heterocycles. The van der Waals surface area contributed by atoms with Crippen molar-refractivity contribution in [3.05, 3.63) is 0 Å². The molecule has 0 aliphatic carbocycles. The molecule has 1 saturated heterocycles. The van der Waals surface area contributed by atoms with Crippen LogP contribution in [0.2, 0.25) is 0 Å². The third-order valence-electron chi connectivity index (χ3n) is 2.39. The maximum absolute atomic E-state index is 10.4. The van der Waals surface area contributed by atoms with Crippen LogP contribution in [-0.2, 0) is 9.53 Å². The topological polar surface area (TPSA) is 58.6 Å². The van der Waals surface area contributed by atoms with E-state index in [0.29, 0.717) is 12.5 Å². The molecule has 76 valence electrons. The van der Waals surface area contributed by atoms with Crippen LogP contribution in [0.3, 0.4) is 0 Å². The van der Waals surface area contributed by atoms with Crippen LogP contribution in [0.5, 0.6) is 0 Å². The summed E-state index contributed by atoms with van der Waals surface area (Å²) in [6.45, 7) is 4.20. The summed E-state index contributed by atoms with van der Waals surface area (Å²) in [4.78, 5) is 10.4. The SMILES string of the molecule is CC(OCC1CCNCC1)C(=O)O. The fourth-order valence-corrected chi connectivity index (χ4v) is 1.40. The molecule has 4 heteroatoms. The zero-order valence-electron chi connectivity index (χ0n) is 7.95. The summed E-state index contributed by atoms with van der Waals surface area (Å²) in [6, 6.07) is 0. The average Bonchev–Trinajstić information content (AvgIpc) is 2.15. The van der Waals surface area contributed by atoms with Crippen LogP contribution in [0.25, 0.3) is 0 Å². The lowest BCUT2D eigenvalue weighted by Gasteiger charge is -2.23. The molecular weight excluding hydrogens is 170 g/mol. The second-order valence-corrected chi connectivity index (χ2v) is 3.51. The Labute approximate surface area is 78.3 Å². The van der Waals surface area contributed by atoms with Crippen LogP contribution < -0.4 is 5.32 Å². The van der Waals surface area contributed by atoms with E-state index in [0.717, 1.165) is 25.9 Å². The number of ether oxygens (including phenoxy) is 1. The van der Waals surface area contributed by atoms with E-state index in [2.05, 4.69) is 5.32 Å². The minimum Gasteiger partial charge on any atom is -0.479 e. The predicted octanol–water partition coefficient (Wildman–Crippen LogP) is 0.476. The number of hydrogen-bond donors (Lipinski definition) is 2. The monoisotopic (exact) mass is 187 g/mol. The van der Waals surface area contributed by atoms with E-state index in [4.69, 9.17) is 9.84 Å². The molecule has 0 spiro atoms. The first kappa shape index (κ1) is 10.5. The van der Waals surface area contributed by atoms with E-state index < -0.39 is 12.1 Å². The third-order valence-corrected chi connectivity index (χ3v) is 2.39.